The van der Waals surface area contributed by atoms with Gasteiger partial charge in [-0.25, -0.2) is 0 Å². The Kier molecular flexibility index (Phi) is 8.99. The maximum Gasteiger partial charge on any atom is 0.310 e. The summed E-state index contributed by atoms with van der Waals surface area (Å²) in [6.07, 6.45) is 0.908. The van der Waals surface area contributed by atoms with E-state index in [1.165, 1.54) is 7.11 Å². The Bertz CT molecular complexity index is 385. The molecular formula is C17H33N3O3. The molecule has 1 N–H and O–H groups in total. The number of esters is 1. The third kappa shape index (κ3) is 6.77. The van der Waals surface area contributed by atoms with E-state index in [2.05, 4.69) is 42.9 Å². The predicted molar refractivity (Wildman–Crippen MR) is 92.5 cm³/mol. The van der Waals surface area contributed by atoms with Gasteiger partial charge in [0.25, 0.3) is 0 Å². The molecule has 6 nitrogen and oxygen atoms in total. The van der Waals surface area contributed by atoms with Gasteiger partial charge in [0.15, 0.2) is 5.96 Å². The molecule has 1 aliphatic rings. The molecule has 2 atom stereocenters. The Balaban J connectivity index is 2.47. The van der Waals surface area contributed by atoms with Crippen molar-refractivity contribution in [1.82, 2.24) is 10.2 Å². The summed E-state index contributed by atoms with van der Waals surface area (Å²) in [7, 11) is 1.45. The van der Waals surface area contributed by atoms with E-state index in [0.29, 0.717) is 12.5 Å². The summed E-state index contributed by atoms with van der Waals surface area (Å²) in [5.74, 6) is 1.53. The number of hydrogen-bond donors (Lipinski definition) is 1. The zero-order valence-corrected chi connectivity index (χ0v) is 15.3. The van der Waals surface area contributed by atoms with Crippen LogP contribution < -0.4 is 5.32 Å². The minimum atomic E-state index is -0.127. The molecule has 0 aromatic carbocycles. The lowest BCUT2D eigenvalue weighted by Gasteiger charge is -2.21. The molecule has 0 saturated carbocycles. The van der Waals surface area contributed by atoms with E-state index in [1.54, 1.807) is 0 Å². The van der Waals surface area contributed by atoms with Gasteiger partial charge in [0.05, 0.1) is 13.0 Å². The van der Waals surface area contributed by atoms with Gasteiger partial charge in [-0.05, 0) is 25.2 Å². The van der Waals surface area contributed by atoms with Crippen LogP contribution in [-0.2, 0) is 14.3 Å². The molecule has 0 amide bonds. The van der Waals surface area contributed by atoms with Crippen molar-refractivity contribution in [3.05, 3.63) is 0 Å². The fourth-order valence-electron chi connectivity index (χ4n) is 2.69. The lowest BCUT2D eigenvalue weighted by molar-refractivity contribution is -0.145. The van der Waals surface area contributed by atoms with Crippen molar-refractivity contribution in [2.75, 3.05) is 46.5 Å². The van der Waals surface area contributed by atoms with Crippen molar-refractivity contribution in [2.24, 2.45) is 22.7 Å². The van der Waals surface area contributed by atoms with Crippen LogP contribution in [0.3, 0.4) is 0 Å². The molecule has 0 bridgehead atoms. The first-order valence-electron chi connectivity index (χ1n) is 8.68. The zero-order chi connectivity index (χ0) is 17.2. The van der Waals surface area contributed by atoms with Crippen LogP contribution in [0.5, 0.6) is 0 Å². The van der Waals surface area contributed by atoms with Crippen LogP contribution in [0.25, 0.3) is 0 Å². The van der Waals surface area contributed by atoms with Gasteiger partial charge >= 0.3 is 5.97 Å². The molecule has 1 rings (SSSR count). The smallest absolute Gasteiger partial charge is 0.310 e. The van der Waals surface area contributed by atoms with E-state index >= 15 is 0 Å². The van der Waals surface area contributed by atoms with Crippen molar-refractivity contribution in [3.8, 4) is 0 Å². The summed E-state index contributed by atoms with van der Waals surface area (Å²) >= 11 is 0. The van der Waals surface area contributed by atoms with Crippen LogP contribution in [0, 0.1) is 17.8 Å². The average molecular weight is 327 g/mol. The summed E-state index contributed by atoms with van der Waals surface area (Å²) in [6.45, 7) is 13.0. The van der Waals surface area contributed by atoms with Crippen LogP contribution in [-0.4, -0.2) is 63.3 Å². The first-order valence-corrected chi connectivity index (χ1v) is 8.68. The Morgan fingerprint density at radius 2 is 2.13 bits per heavy atom. The lowest BCUT2D eigenvalue weighted by atomic mass is 9.99. The topological polar surface area (TPSA) is 63.2 Å². The molecule has 0 aromatic rings. The van der Waals surface area contributed by atoms with Gasteiger partial charge in [-0.3, -0.25) is 9.79 Å². The highest BCUT2D eigenvalue weighted by Crippen LogP contribution is 2.24. The van der Waals surface area contributed by atoms with Gasteiger partial charge in [-0.1, -0.05) is 20.8 Å². The predicted octanol–water partition coefficient (Wildman–Crippen LogP) is 1.76. The number of nitrogens with one attached hydrogen (secondary N) is 1. The molecular weight excluding hydrogens is 294 g/mol. The van der Waals surface area contributed by atoms with Crippen LogP contribution in [0.1, 0.15) is 34.1 Å². The fourth-order valence-corrected chi connectivity index (χ4v) is 2.69. The van der Waals surface area contributed by atoms with E-state index in [4.69, 9.17) is 9.47 Å². The minimum Gasteiger partial charge on any atom is -0.469 e. The van der Waals surface area contributed by atoms with Crippen molar-refractivity contribution in [3.63, 3.8) is 0 Å². The summed E-state index contributed by atoms with van der Waals surface area (Å²) in [5, 5.41) is 3.31. The van der Waals surface area contributed by atoms with Crippen LogP contribution in [0.4, 0.5) is 0 Å². The van der Waals surface area contributed by atoms with Crippen LogP contribution in [0.2, 0.25) is 0 Å². The van der Waals surface area contributed by atoms with Crippen molar-refractivity contribution < 1.29 is 14.3 Å². The quantitative estimate of drug-likeness (QED) is 0.318. The summed E-state index contributed by atoms with van der Waals surface area (Å²) in [6, 6.07) is 0. The number of likely N-dealkylation sites (tertiary alicyclic amines) is 1. The van der Waals surface area contributed by atoms with Gasteiger partial charge in [0.2, 0.25) is 0 Å². The molecule has 23 heavy (non-hydrogen) atoms. The second-order valence-corrected chi connectivity index (χ2v) is 6.57. The number of methoxy groups -OCH3 is 1. The Labute approximate surface area is 140 Å². The van der Waals surface area contributed by atoms with Crippen LogP contribution >= 0.6 is 0 Å². The second-order valence-electron chi connectivity index (χ2n) is 6.57. The number of guanidine groups is 1. The average Bonchev–Trinajstić information content (AvgIpc) is 2.90. The first kappa shape index (κ1) is 19.7. The third-order valence-electron chi connectivity index (χ3n) is 3.91. The highest BCUT2D eigenvalue weighted by atomic mass is 16.5. The monoisotopic (exact) mass is 327 g/mol. The van der Waals surface area contributed by atoms with Gasteiger partial charge in [-0.2, -0.15) is 0 Å². The van der Waals surface area contributed by atoms with Gasteiger partial charge in [0, 0.05) is 39.4 Å². The molecule has 134 valence electrons. The van der Waals surface area contributed by atoms with Crippen molar-refractivity contribution >= 4 is 11.9 Å². The van der Waals surface area contributed by atoms with Gasteiger partial charge in [0.1, 0.15) is 0 Å². The number of ether oxygens (including phenoxy) is 2. The molecule has 6 heteroatoms. The zero-order valence-electron chi connectivity index (χ0n) is 15.3. The van der Waals surface area contributed by atoms with Crippen LogP contribution in [0.15, 0.2) is 4.99 Å². The molecule has 1 aliphatic heterocycles. The Morgan fingerprint density at radius 3 is 2.74 bits per heavy atom. The molecule has 1 fully saturated rings. The highest BCUT2D eigenvalue weighted by molar-refractivity contribution is 5.82. The minimum absolute atomic E-state index is 0.0711. The van der Waals surface area contributed by atoms with E-state index in [9.17, 15) is 4.79 Å². The number of aliphatic imine (C=N–C) groups is 1. The van der Waals surface area contributed by atoms with Gasteiger partial charge in [-0.15, -0.1) is 0 Å². The standard InChI is InChI=1S/C17H33N3O3/c1-6-18-17(19-8-7-9-23-12-13(2)3)20-10-14(4)15(11-20)16(21)22-5/h13-15H,6-12H2,1-5H3,(H,18,19). The summed E-state index contributed by atoms with van der Waals surface area (Å²) in [4.78, 5) is 18.6. The molecule has 0 spiro atoms. The van der Waals surface area contributed by atoms with Crippen molar-refractivity contribution in [2.45, 2.75) is 34.1 Å². The SMILES string of the molecule is CCNC(=NCCCOCC(C)C)N1CC(C)C(C(=O)OC)C1. The molecule has 2 unspecified atom stereocenters. The van der Waals surface area contributed by atoms with Gasteiger partial charge < -0.3 is 19.7 Å². The lowest BCUT2D eigenvalue weighted by Crippen LogP contribution is -2.40. The van der Waals surface area contributed by atoms with E-state index in [-0.39, 0.29) is 17.8 Å². The molecule has 0 aliphatic carbocycles. The van der Waals surface area contributed by atoms with E-state index < -0.39 is 0 Å². The van der Waals surface area contributed by atoms with E-state index in [1.807, 2.05) is 0 Å². The number of nitrogens with zero attached hydrogens (tertiary/aromatic N) is 2. The maximum absolute atomic E-state index is 11.8. The molecule has 1 saturated heterocycles. The number of carbonyl (C=O) groups excluding carboxylic acids is 1. The Hall–Kier alpha value is -1.30. The fraction of sp³-hybridized carbons (Fsp3) is 0.882. The number of carbonyl (C=O) groups is 1. The Morgan fingerprint density at radius 1 is 1.39 bits per heavy atom. The number of rotatable bonds is 8. The largest absolute Gasteiger partial charge is 0.469 e. The third-order valence-corrected chi connectivity index (χ3v) is 3.91. The molecule has 0 aromatic heterocycles. The van der Waals surface area contributed by atoms with E-state index in [0.717, 1.165) is 45.2 Å². The number of hydrogen-bond acceptors (Lipinski definition) is 4. The first-order chi connectivity index (χ1) is 11.0. The summed E-state index contributed by atoms with van der Waals surface area (Å²) in [5.41, 5.74) is 0. The molecule has 1 heterocycles. The maximum atomic E-state index is 11.8. The normalized spacial score (nSPS) is 21.8. The highest BCUT2D eigenvalue weighted by Gasteiger charge is 2.36. The van der Waals surface area contributed by atoms with Crippen molar-refractivity contribution in [1.29, 1.82) is 0 Å². The second kappa shape index (κ2) is 10.5. The molecule has 0 radical (unpaired) electrons. The summed E-state index contributed by atoms with van der Waals surface area (Å²) < 4.78 is 10.5.